The van der Waals surface area contributed by atoms with Crippen LogP contribution in [-0.2, 0) is 13.0 Å². The number of alkyl halides is 1. The quantitative estimate of drug-likeness (QED) is 0.755. The summed E-state index contributed by atoms with van der Waals surface area (Å²) in [4.78, 5) is 0. The summed E-state index contributed by atoms with van der Waals surface area (Å²) in [6.45, 7) is 3.11. The first kappa shape index (κ1) is 13.2. The number of fused-ring (bicyclic) bond motifs is 1. The lowest BCUT2D eigenvalue weighted by Crippen LogP contribution is -2.22. The molecule has 1 aromatic heterocycles. The molecule has 0 spiro atoms. The molecule has 1 fully saturated rings. The Morgan fingerprint density at radius 1 is 1.26 bits per heavy atom. The van der Waals surface area contributed by atoms with Gasteiger partial charge in [0.2, 0.25) is 0 Å². The second kappa shape index (κ2) is 5.28. The fourth-order valence-corrected chi connectivity index (χ4v) is 4.16. The number of aryl methyl sites for hydroxylation is 1. The standard InChI is InChI=1S/C16H21BrN2/c1-2-19-15-8-4-3-7-13(15)14(18-19)11-16(12-17)9-5-6-10-16/h3-4,7-8H,2,5-6,9-12H2,1H3. The molecule has 3 rings (SSSR count). The number of para-hydroxylation sites is 1. The van der Waals surface area contributed by atoms with Gasteiger partial charge in [-0.2, -0.15) is 5.10 Å². The molecule has 1 heterocycles. The first-order valence-electron chi connectivity index (χ1n) is 7.28. The maximum absolute atomic E-state index is 4.86. The lowest BCUT2D eigenvalue weighted by atomic mass is 9.83. The van der Waals surface area contributed by atoms with E-state index in [1.807, 2.05) is 0 Å². The average Bonchev–Trinajstić information content (AvgIpc) is 3.05. The molecule has 0 unspecified atom stereocenters. The van der Waals surface area contributed by atoms with Crippen molar-refractivity contribution < 1.29 is 0 Å². The molecule has 1 aromatic carbocycles. The van der Waals surface area contributed by atoms with Crippen LogP contribution in [0.1, 0.15) is 38.3 Å². The molecule has 0 N–H and O–H groups in total. The fourth-order valence-electron chi connectivity index (χ4n) is 3.41. The molecular weight excluding hydrogens is 300 g/mol. The van der Waals surface area contributed by atoms with E-state index in [4.69, 9.17) is 5.10 Å². The lowest BCUT2D eigenvalue weighted by Gasteiger charge is -2.25. The summed E-state index contributed by atoms with van der Waals surface area (Å²) in [7, 11) is 0. The highest BCUT2D eigenvalue weighted by atomic mass is 79.9. The van der Waals surface area contributed by atoms with Crippen molar-refractivity contribution in [1.29, 1.82) is 0 Å². The smallest absolute Gasteiger partial charge is 0.0709 e. The normalized spacial score (nSPS) is 18.2. The first-order chi connectivity index (χ1) is 9.28. The van der Waals surface area contributed by atoms with Crippen LogP contribution >= 0.6 is 15.9 Å². The third kappa shape index (κ3) is 2.33. The minimum absolute atomic E-state index is 0.440. The van der Waals surface area contributed by atoms with Gasteiger partial charge in [0, 0.05) is 17.3 Å². The summed E-state index contributed by atoms with van der Waals surface area (Å²) in [5.74, 6) is 0. The van der Waals surface area contributed by atoms with Crippen molar-refractivity contribution in [3.63, 3.8) is 0 Å². The van der Waals surface area contributed by atoms with Crippen LogP contribution in [0.4, 0.5) is 0 Å². The van der Waals surface area contributed by atoms with E-state index in [1.165, 1.54) is 42.3 Å². The maximum Gasteiger partial charge on any atom is 0.0709 e. The molecule has 0 aliphatic heterocycles. The van der Waals surface area contributed by atoms with Gasteiger partial charge in [-0.25, -0.2) is 0 Å². The van der Waals surface area contributed by atoms with Crippen LogP contribution in [-0.4, -0.2) is 15.1 Å². The summed E-state index contributed by atoms with van der Waals surface area (Å²) in [6, 6.07) is 8.64. The van der Waals surface area contributed by atoms with Crippen molar-refractivity contribution in [3.05, 3.63) is 30.0 Å². The molecule has 0 amide bonds. The Hall–Kier alpha value is -0.830. The van der Waals surface area contributed by atoms with Crippen molar-refractivity contribution in [3.8, 4) is 0 Å². The van der Waals surface area contributed by atoms with E-state index in [0.29, 0.717) is 5.41 Å². The van der Waals surface area contributed by atoms with Crippen LogP contribution in [0.25, 0.3) is 10.9 Å². The highest BCUT2D eigenvalue weighted by Gasteiger charge is 2.34. The monoisotopic (exact) mass is 320 g/mol. The highest BCUT2D eigenvalue weighted by Crippen LogP contribution is 2.43. The zero-order valence-electron chi connectivity index (χ0n) is 11.5. The maximum atomic E-state index is 4.86. The molecule has 0 bridgehead atoms. The highest BCUT2D eigenvalue weighted by molar-refractivity contribution is 9.09. The van der Waals surface area contributed by atoms with E-state index in [0.717, 1.165) is 18.3 Å². The molecule has 102 valence electrons. The van der Waals surface area contributed by atoms with E-state index < -0.39 is 0 Å². The number of hydrogen-bond donors (Lipinski definition) is 0. The fraction of sp³-hybridized carbons (Fsp3) is 0.562. The van der Waals surface area contributed by atoms with E-state index in [1.54, 1.807) is 0 Å². The molecule has 0 atom stereocenters. The van der Waals surface area contributed by atoms with Crippen LogP contribution < -0.4 is 0 Å². The molecule has 0 radical (unpaired) electrons. The van der Waals surface area contributed by atoms with E-state index >= 15 is 0 Å². The number of aromatic nitrogens is 2. The second-order valence-corrected chi connectivity index (χ2v) is 6.36. The van der Waals surface area contributed by atoms with Gasteiger partial charge < -0.3 is 0 Å². The summed E-state index contributed by atoms with van der Waals surface area (Å²) in [6.07, 6.45) is 6.54. The number of halogens is 1. The first-order valence-corrected chi connectivity index (χ1v) is 8.40. The zero-order chi connectivity index (χ0) is 13.3. The van der Waals surface area contributed by atoms with Crippen LogP contribution in [0.3, 0.4) is 0 Å². The Labute approximate surface area is 123 Å². The summed E-state index contributed by atoms with van der Waals surface area (Å²) >= 11 is 3.74. The lowest BCUT2D eigenvalue weighted by molar-refractivity contribution is 0.342. The summed E-state index contributed by atoms with van der Waals surface area (Å²) < 4.78 is 2.14. The van der Waals surface area contributed by atoms with Crippen molar-refractivity contribution in [1.82, 2.24) is 9.78 Å². The molecular formula is C16H21BrN2. The van der Waals surface area contributed by atoms with Gasteiger partial charge >= 0.3 is 0 Å². The van der Waals surface area contributed by atoms with Crippen LogP contribution in [0.2, 0.25) is 0 Å². The van der Waals surface area contributed by atoms with Crippen LogP contribution in [0.5, 0.6) is 0 Å². The second-order valence-electron chi connectivity index (χ2n) is 5.80. The topological polar surface area (TPSA) is 17.8 Å². The third-order valence-corrected chi connectivity index (χ3v) is 5.71. The molecule has 19 heavy (non-hydrogen) atoms. The molecule has 0 saturated heterocycles. The Bertz CT molecular complexity index is 567. The predicted octanol–water partition coefficient (Wildman–Crippen LogP) is 4.55. The van der Waals surface area contributed by atoms with Gasteiger partial charge in [0.05, 0.1) is 11.2 Å². The minimum Gasteiger partial charge on any atom is -0.265 e. The Morgan fingerprint density at radius 3 is 2.68 bits per heavy atom. The molecule has 2 aromatic rings. The summed E-state index contributed by atoms with van der Waals surface area (Å²) in [5, 5.41) is 7.31. The van der Waals surface area contributed by atoms with Crippen LogP contribution in [0, 0.1) is 5.41 Å². The van der Waals surface area contributed by atoms with Crippen molar-refractivity contribution in [2.75, 3.05) is 5.33 Å². The molecule has 2 nitrogen and oxygen atoms in total. The van der Waals surface area contributed by atoms with Gasteiger partial charge in [0.25, 0.3) is 0 Å². The van der Waals surface area contributed by atoms with Crippen molar-refractivity contribution in [2.24, 2.45) is 5.41 Å². The van der Waals surface area contributed by atoms with Gasteiger partial charge in [-0.15, -0.1) is 0 Å². The number of hydrogen-bond acceptors (Lipinski definition) is 1. The third-order valence-electron chi connectivity index (χ3n) is 4.52. The van der Waals surface area contributed by atoms with Gasteiger partial charge in [-0.05, 0) is 37.7 Å². The summed E-state index contributed by atoms with van der Waals surface area (Å²) in [5.41, 5.74) is 3.01. The van der Waals surface area contributed by atoms with Gasteiger partial charge in [-0.3, -0.25) is 4.68 Å². The Morgan fingerprint density at radius 2 is 2.00 bits per heavy atom. The van der Waals surface area contributed by atoms with Crippen molar-refractivity contribution >= 4 is 26.8 Å². The Kier molecular flexibility index (Phi) is 3.66. The molecule has 1 aliphatic rings. The largest absolute Gasteiger partial charge is 0.265 e. The zero-order valence-corrected chi connectivity index (χ0v) is 13.1. The van der Waals surface area contributed by atoms with E-state index in [2.05, 4.69) is 51.8 Å². The number of nitrogens with zero attached hydrogens (tertiary/aromatic N) is 2. The number of rotatable bonds is 4. The predicted molar refractivity (Wildman–Crippen MR) is 83.8 cm³/mol. The van der Waals surface area contributed by atoms with Gasteiger partial charge in [-0.1, -0.05) is 47.0 Å². The number of benzene rings is 1. The minimum atomic E-state index is 0.440. The van der Waals surface area contributed by atoms with Crippen LogP contribution in [0.15, 0.2) is 24.3 Å². The average molecular weight is 321 g/mol. The molecule has 3 heteroatoms. The van der Waals surface area contributed by atoms with E-state index in [-0.39, 0.29) is 0 Å². The van der Waals surface area contributed by atoms with Gasteiger partial charge in [0.15, 0.2) is 0 Å². The Balaban J connectivity index is 2.01. The van der Waals surface area contributed by atoms with Crippen molar-refractivity contribution in [2.45, 2.75) is 45.6 Å². The molecule has 1 aliphatic carbocycles. The SMILES string of the molecule is CCn1nc(CC2(CBr)CCCC2)c2ccccc21. The molecule has 1 saturated carbocycles. The van der Waals surface area contributed by atoms with Gasteiger partial charge in [0.1, 0.15) is 0 Å². The van der Waals surface area contributed by atoms with E-state index in [9.17, 15) is 0 Å².